The first-order valence-corrected chi connectivity index (χ1v) is 3.50. The number of halogens is 1. The van der Waals surface area contributed by atoms with Crippen LogP contribution >= 0.6 is 15.9 Å². The lowest BCUT2D eigenvalue weighted by atomic mass is 10.2. The van der Waals surface area contributed by atoms with E-state index in [0.29, 0.717) is 12.5 Å². The summed E-state index contributed by atoms with van der Waals surface area (Å²) in [6, 6.07) is 0. The molecular weight excluding hydrogens is 170 g/mol. The molecule has 0 N–H and O–H groups in total. The van der Waals surface area contributed by atoms with E-state index in [0.717, 1.165) is 5.33 Å². The summed E-state index contributed by atoms with van der Waals surface area (Å²) < 4.78 is 0. The molecule has 0 aliphatic carbocycles. The van der Waals surface area contributed by atoms with E-state index in [1.165, 1.54) is 0 Å². The summed E-state index contributed by atoms with van der Waals surface area (Å²) in [7, 11) is 0. The molecule has 0 aliphatic heterocycles. The summed E-state index contributed by atoms with van der Waals surface area (Å²) >= 11 is 3.26. The van der Waals surface area contributed by atoms with Gasteiger partial charge in [-0.25, -0.2) is 0 Å². The normalized spacial score (nSPS) is 12.2. The highest BCUT2D eigenvalue weighted by Crippen LogP contribution is 1.99. The first kappa shape index (κ1) is 7.79. The van der Waals surface area contributed by atoms with Crippen LogP contribution in [0.3, 0.4) is 0 Å². The summed E-state index contributed by atoms with van der Waals surface area (Å²) in [5.41, 5.74) is 7.85. The van der Waals surface area contributed by atoms with Crippen molar-refractivity contribution in [2.75, 3.05) is 11.9 Å². The quantitative estimate of drug-likeness (QED) is 0.275. The van der Waals surface area contributed by atoms with Crippen LogP contribution in [0.4, 0.5) is 0 Å². The Kier molecular flexibility index (Phi) is 4.81. The van der Waals surface area contributed by atoms with E-state index in [1.54, 1.807) is 0 Å². The van der Waals surface area contributed by atoms with Gasteiger partial charge in [-0.1, -0.05) is 28.0 Å². The van der Waals surface area contributed by atoms with Gasteiger partial charge >= 0.3 is 0 Å². The molecule has 0 amide bonds. The van der Waals surface area contributed by atoms with E-state index in [2.05, 4.69) is 26.0 Å². The molecule has 0 heterocycles. The number of azide groups is 1. The second kappa shape index (κ2) is 4.94. The highest BCUT2D eigenvalue weighted by atomic mass is 79.9. The van der Waals surface area contributed by atoms with Crippen molar-refractivity contribution in [2.24, 2.45) is 11.0 Å². The average molecular weight is 178 g/mol. The Hall–Kier alpha value is -0.210. The summed E-state index contributed by atoms with van der Waals surface area (Å²) in [5.74, 6) is 0.450. The molecule has 0 bridgehead atoms. The monoisotopic (exact) mass is 177 g/mol. The summed E-state index contributed by atoms with van der Waals surface area (Å²) in [5, 5.41) is 4.29. The van der Waals surface area contributed by atoms with Crippen LogP contribution in [0.5, 0.6) is 0 Å². The van der Waals surface area contributed by atoms with Gasteiger partial charge in [0.2, 0.25) is 0 Å². The fraction of sp³-hybridized carbons (Fsp3) is 1.00. The maximum absolute atomic E-state index is 7.85. The average Bonchev–Trinajstić information content (AvgIpc) is 1.83. The highest BCUT2D eigenvalue weighted by molar-refractivity contribution is 9.09. The smallest absolute Gasteiger partial charge is 0.0291 e. The second-order valence-corrected chi connectivity index (χ2v) is 2.32. The number of hydrogen-bond donors (Lipinski definition) is 0. The fourth-order valence-corrected chi connectivity index (χ4v) is 0.429. The van der Waals surface area contributed by atoms with Crippen LogP contribution in [0.25, 0.3) is 10.4 Å². The van der Waals surface area contributed by atoms with Crippen molar-refractivity contribution in [2.45, 2.75) is 6.92 Å². The molecule has 1 atom stereocenters. The molecule has 4 heteroatoms. The first-order valence-electron chi connectivity index (χ1n) is 2.38. The third-order valence-electron chi connectivity index (χ3n) is 0.720. The van der Waals surface area contributed by atoms with E-state index in [9.17, 15) is 0 Å². The van der Waals surface area contributed by atoms with Gasteiger partial charge < -0.3 is 0 Å². The van der Waals surface area contributed by atoms with Crippen LogP contribution in [0.2, 0.25) is 0 Å². The van der Waals surface area contributed by atoms with Crippen LogP contribution in [0.1, 0.15) is 6.92 Å². The van der Waals surface area contributed by atoms with Crippen LogP contribution in [-0.2, 0) is 0 Å². The molecule has 0 aromatic heterocycles. The molecule has 0 aromatic carbocycles. The van der Waals surface area contributed by atoms with Crippen molar-refractivity contribution >= 4 is 15.9 Å². The lowest BCUT2D eigenvalue weighted by molar-refractivity contribution is 0.677. The van der Waals surface area contributed by atoms with E-state index in [4.69, 9.17) is 5.53 Å². The zero-order valence-corrected chi connectivity index (χ0v) is 6.30. The zero-order chi connectivity index (χ0) is 6.41. The molecule has 1 unspecified atom stereocenters. The molecule has 0 fully saturated rings. The molecule has 0 radical (unpaired) electrons. The maximum atomic E-state index is 7.85. The Morgan fingerprint density at radius 3 is 2.88 bits per heavy atom. The Morgan fingerprint density at radius 1 is 1.88 bits per heavy atom. The summed E-state index contributed by atoms with van der Waals surface area (Å²) in [4.78, 5) is 2.63. The summed E-state index contributed by atoms with van der Waals surface area (Å²) in [6.45, 7) is 2.60. The lowest BCUT2D eigenvalue weighted by Crippen LogP contribution is -1.98. The van der Waals surface area contributed by atoms with Crippen LogP contribution in [0, 0.1) is 5.92 Å². The van der Waals surface area contributed by atoms with Crippen molar-refractivity contribution in [3.05, 3.63) is 10.4 Å². The van der Waals surface area contributed by atoms with Gasteiger partial charge in [0, 0.05) is 16.8 Å². The second-order valence-electron chi connectivity index (χ2n) is 1.67. The minimum Gasteiger partial charge on any atom is -0.0937 e. The largest absolute Gasteiger partial charge is 0.0937 e. The van der Waals surface area contributed by atoms with E-state index < -0.39 is 0 Å². The minimum atomic E-state index is 0.450. The van der Waals surface area contributed by atoms with Gasteiger partial charge in [0.05, 0.1) is 0 Å². The topological polar surface area (TPSA) is 48.8 Å². The van der Waals surface area contributed by atoms with Gasteiger partial charge in [0.25, 0.3) is 0 Å². The zero-order valence-electron chi connectivity index (χ0n) is 4.71. The van der Waals surface area contributed by atoms with E-state index in [1.807, 2.05) is 6.92 Å². The molecule has 0 saturated heterocycles. The molecule has 46 valence electrons. The standard InChI is InChI=1S/C4H8BrN3/c1-4(2-5)3-7-8-6/h4H,2-3H2,1H3. The van der Waals surface area contributed by atoms with Crippen LogP contribution in [-0.4, -0.2) is 11.9 Å². The first-order chi connectivity index (χ1) is 3.81. The predicted octanol–water partition coefficient (Wildman–Crippen LogP) is 2.33. The number of alkyl halides is 1. The molecule has 0 spiro atoms. The van der Waals surface area contributed by atoms with Crippen LogP contribution in [0.15, 0.2) is 5.11 Å². The molecule has 0 aromatic rings. The predicted molar refractivity (Wildman–Crippen MR) is 37.0 cm³/mol. The van der Waals surface area contributed by atoms with Crippen LogP contribution < -0.4 is 0 Å². The molecule has 0 saturated carbocycles. The van der Waals surface area contributed by atoms with Crippen molar-refractivity contribution in [3.63, 3.8) is 0 Å². The Balaban J connectivity index is 3.23. The third kappa shape index (κ3) is 3.96. The fourth-order valence-electron chi connectivity index (χ4n) is 0.225. The number of rotatable bonds is 3. The Morgan fingerprint density at radius 2 is 2.50 bits per heavy atom. The molecule has 0 rings (SSSR count). The van der Waals surface area contributed by atoms with Gasteiger partial charge in [-0.15, -0.1) is 0 Å². The van der Waals surface area contributed by atoms with Crippen molar-refractivity contribution < 1.29 is 0 Å². The SMILES string of the molecule is CC(CBr)CN=[N+]=[N-]. The Labute approximate surface area is 56.8 Å². The lowest BCUT2D eigenvalue weighted by Gasteiger charge is -1.97. The number of hydrogen-bond acceptors (Lipinski definition) is 1. The van der Waals surface area contributed by atoms with Gasteiger partial charge in [-0.2, -0.15) is 0 Å². The van der Waals surface area contributed by atoms with Gasteiger partial charge in [0.1, 0.15) is 0 Å². The van der Waals surface area contributed by atoms with Crippen molar-refractivity contribution in [1.29, 1.82) is 0 Å². The highest BCUT2D eigenvalue weighted by Gasteiger charge is 1.93. The van der Waals surface area contributed by atoms with E-state index in [-0.39, 0.29) is 0 Å². The van der Waals surface area contributed by atoms with Crippen molar-refractivity contribution in [1.82, 2.24) is 0 Å². The third-order valence-corrected chi connectivity index (χ3v) is 1.83. The van der Waals surface area contributed by atoms with Gasteiger partial charge in [-0.3, -0.25) is 0 Å². The maximum Gasteiger partial charge on any atom is 0.0291 e. The Bertz CT molecular complexity index is 97.5. The van der Waals surface area contributed by atoms with Crippen molar-refractivity contribution in [3.8, 4) is 0 Å². The van der Waals surface area contributed by atoms with E-state index >= 15 is 0 Å². The summed E-state index contributed by atoms with van der Waals surface area (Å²) in [6.07, 6.45) is 0. The molecule has 8 heavy (non-hydrogen) atoms. The number of nitrogens with zero attached hydrogens (tertiary/aromatic N) is 3. The molecule has 3 nitrogen and oxygen atoms in total. The molecule has 0 aliphatic rings. The molecular formula is C4H8BrN3. The van der Waals surface area contributed by atoms with Gasteiger partial charge in [-0.05, 0) is 11.4 Å². The van der Waals surface area contributed by atoms with Gasteiger partial charge in [0.15, 0.2) is 0 Å². The minimum absolute atomic E-state index is 0.450.